The number of imide groups is 1. The highest BCUT2D eigenvalue weighted by molar-refractivity contribution is 5.96. The Balaban J connectivity index is 3.87. The zero-order chi connectivity index (χ0) is 14.1. The number of carbonyl (C=O) groups is 4. The summed E-state index contributed by atoms with van der Waals surface area (Å²) in [5.74, 6) is -2.11. The summed E-state index contributed by atoms with van der Waals surface area (Å²) in [5, 5.41) is 12.5. The van der Waals surface area contributed by atoms with E-state index in [-0.39, 0.29) is 25.3 Å². The molecule has 3 N–H and O–H groups in total. The Labute approximate surface area is 104 Å². The maximum absolute atomic E-state index is 11.3. The fourth-order valence-electron chi connectivity index (χ4n) is 0.921. The van der Waals surface area contributed by atoms with Gasteiger partial charge in [-0.25, -0.2) is 4.79 Å². The predicted molar refractivity (Wildman–Crippen MR) is 61.7 cm³/mol. The van der Waals surface area contributed by atoms with Gasteiger partial charge in [0.05, 0.1) is 13.0 Å². The van der Waals surface area contributed by atoms with E-state index in [1.54, 1.807) is 14.0 Å². The highest BCUT2D eigenvalue weighted by Gasteiger charge is 2.11. The van der Waals surface area contributed by atoms with Gasteiger partial charge in [-0.3, -0.25) is 19.7 Å². The van der Waals surface area contributed by atoms with Gasteiger partial charge in [0.15, 0.2) is 0 Å². The molecule has 0 aromatic carbocycles. The van der Waals surface area contributed by atoms with Crippen LogP contribution in [0.25, 0.3) is 0 Å². The molecule has 0 rings (SSSR count). The van der Waals surface area contributed by atoms with Crippen molar-refractivity contribution in [1.82, 2.24) is 15.5 Å². The lowest BCUT2D eigenvalue weighted by Crippen LogP contribution is -2.44. The molecule has 0 bridgehead atoms. The van der Waals surface area contributed by atoms with E-state index >= 15 is 0 Å². The summed E-state index contributed by atoms with van der Waals surface area (Å²) in [6.07, 6.45) is -0.637. The van der Waals surface area contributed by atoms with Crippen LogP contribution in [0, 0.1) is 0 Å². The molecule has 102 valence electrons. The molecule has 0 aliphatic carbocycles. The third kappa shape index (κ3) is 7.20. The van der Waals surface area contributed by atoms with E-state index in [9.17, 15) is 19.2 Å². The van der Waals surface area contributed by atoms with E-state index in [0.29, 0.717) is 6.54 Å². The Kier molecular flexibility index (Phi) is 7.10. The lowest BCUT2D eigenvalue weighted by Gasteiger charge is -2.14. The number of amides is 4. The van der Waals surface area contributed by atoms with Crippen LogP contribution in [0.2, 0.25) is 0 Å². The number of hydrogen-bond acceptors (Lipinski definition) is 4. The Morgan fingerprint density at radius 1 is 1.17 bits per heavy atom. The van der Waals surface area contributed by atoms with E-state index < -0.39 is 17.9 Å². The predicted octanol–water partition coefficient (Wildman–Crippen LogP) is -0.845. The molecule has 0 spiro atoms. The minimum absolute atomic E-state index is 0.220. The van der Waals surface area contributed by atoms with Crippen LogP contribution in [0.4, 0.5) is 4.79 Å². The molecule has 0 aromatic rings. The van der Waals surface area contributed by atoms with Crippen LogP contribution >= 0.6 is 0 Å². The molecular formula is C10H17N3O5. The molecule has 0 unspecified atom stereocenters. The largest absolute Gasteiger partial charge is 0.481 e. The van der Waals surface area contributed by atoms with E-state index in [1.807, 2.05) is 5.32 Å². The van der Waals surface area contributed by atoms with Gasteiger partial charge in [0.2, 0.25) is 11.8 Å². The number of carbonyl (C=O) groups excluding carboxylic acids is 3. The van der Waals surface area contributed by atoms with Crippen molar-refractivity contribution in [3.8, 4) is 0 Å². The number of rotatable bonds is 6. The van der Waals surface area contributed by atoms with Crippen LogP contribution in [-0.4, -0.2) is 54.0 Å². The van der Waals surface area contributed by atoms with Gasteiger partial charge >= 0.3 is 12.0 Å². The molecule has 8 heteroatoms. The molecule has 4 amide bonds. The second-order valence-corrected chi connectivity index (χ2v) is 3.53. The monoisotopic (exact) mass is 259 g/mol. The number of carboxylic acids is 1. The number of nitrogens with zero attached hydrogens (tertiary/aromatic N) is 1. The summed E-state index contributed by atoms with van der Waals surface area (Å²) in [4.78, 5) is 45.1. The molecule has 0 aliphatic heterocycles. The van der Waals surface area contributed by atoms with Crippen LogP contribution in [0.3, 0.4) is 0 Å². The van der Waals surface area contributed by atoms with E-state index in [1.165, 1.54) is 4.90 Å². The maximum Gasteiger partial charge on any atom is 0.321 e. The quantitative estimate of drug-likeness (QED) is 0.575. The van der Waals surface area contributed by atoms with Gasteiger partial charge in [0.25, 0.3) is 0 Å². The molecular weight excluding hydrogens is 242 g/mol. The zero-order valence-corrected chi connectivity index (χ0v) is 10.4. The van der Waals surface area contributed by atoms with E-state index in [4.69, 9.17) is 5.11 Å². The molecule has 0 radical (unpaired) electrons. The SMILES string of the molecule is CCN(C)C(=O)CNC(=O)NC(=O)CCC(=O)O. The first-order chi connectivity index (χ1) is 8.36. The Hall–Kier alpha value is -2.12. The second kappa shape index (κ2) is 8.04. The lowest BCUT2D eigenvalue weighted by atomic mass is 10.3. The van der Waals surface area contributed by atoms with Crippen molar-refractivity contribution in [3.63, 3.8) is 0 Å². The lowest BCUT2D eigenvalue weighted by molar-refractivity contribution is -0.138. The van der Waals surface area contributed by atoms with Gasteiger partial charge in [-0.15, -0.1) is 0 Å². The standard InChI is InChI=1S/C10H17N3O5/c1-3-13(2)8(15)6-11-10(18)12-7(14)4-5-9(16)17/h3-6H2,1-2H3,(H,16,17)(H2,11,12,14,18). The zero-order valence-electron chi connectivity index (χ0n) is 10.4. The smallest absolute Gasteiger partial charge is 0.321 e. The van der Waals surface area contributed by atoms with Crippen molar-refractivity contribution in [3.05, 3.63) is 0 Å². The summed E-state index contributed by atoms with van der Waals surface area (Å²) in [6, 6.07) is -0.816. The van der Waals surface area contributed by atoms with Gasteiger partial charge in [-0.1, -0.05) is 0 Å². The highest BCUT2D eigenvalue weighted by Crippen LogP contribution is 1.88. The van der Waals surface area contributed by atoms with Gasteiger partial charge in [0.1, 0.15) is 0 Å². The number of hydrogen-bond donors (Lipinski definition) is 3. The third-order valence-corrected chi connectivity index (χ3v) is 2.12. The van der Waals surface area contributed by atoms with Crippen molar-refractivity contribution in [2.75, 3.05) is 20.1 Å². The summed E-state index contributed by atoms with van der Waals surface area (Å²) >= 11 is 0. The summed E-state index contributed by atoms with van der Waals surface area (Å²) < 4.78 is 0. The van der Waals surface area contributed by atoms with E-state index in [0.717, 1.165) is 0 Å². The molecule has 0 saturated carbocycles. The fourth-order valence-corrected chi connectivity index (χ4v) is 0.921. The van der Waals surface area contributed by atoms with Crippen molar-refractivity contribution < 1.29 is 24.3 Å². The highest BCUT2D eigenvalue weighted by atomic mass is 16.4. The number of nitrogens with one attached hydrogen (secondary N) is 2. The first kappa shape index (κ1) is 15.9. The van der Waals surface area contributed by atoms with Crippen molar-refractivity contribution >= 4 is 23.8 Å². The average Bonchev–Trinajstić information content (AvgIpc) is 2.32. The van der Waals surface area contributed by atoms with Crippen LogP contribution in [0.15, 0.2) is 0 Å². The second-order valence-electron chi connectivity index (χ2n) is 3.53. The Morgan fingerprint density at radius 3 is 2.28 bits per heavy atom. The molecule has 0 aromatic heterocycles. The number of likely N-dealkylation sites (N-methyl/N-ethyl adjacent to an activating group) is 1. The maximum atomic E-state index is 11.3. The van der Waals surface area contributed by atoms with Gasteiger partial charge < -0.3 is 15.3 Å². The van der Waals surface area contributed by atoms with Crippen LogP contribution in [0.1, 0.15) is 19.8 Å². The van der Waals surface area contributed by atoms with Crippen LogP contribution in [0.5, 0.6) is 0 Å². The molecule has 0 saturated heterocycles. The molecule has 0 heterocycles. The minimum atomic E-state index is -1.12. The first-order valence-corrected chi connectivity index (χ1v) is 5.40. The summed E-state index contributed by atoms with van der Waals surface area (Å²) in [5.41, 5.74) is 0. The number of carboxylic acid groups (broad SMARTS) is 1. The van der Waals surface area contributed by atoms with Gasteiger partial charge in [0, 0.05) is 20.0 Å². The fraction of sp³-hybridized carbons (Fsp3) is 0.600. The third-order valence-electron chi connectivity index (χ3n) is 2.12. The first-order valence-electron chi connectivity index (χ1n) is 5.40. The van der Waals surface area contributed by atoms with Crippen molar-refractivity contribution in [1.29, 1.82) is 0 Å². The topological polar surface area (TPSA) is 116 Å². The van der Waals surface area contributed by atoms with Crippen molar-refractivity contribution in [2.24, 2.45) is 0 Å². The van der Waals surface area contributed by atoms with Crippen LogP contribution < -0.4 is 10.6 Å². The Bertz CT molecular complexity index is 342. The summed E-state index contributed by atoms with van der Waals surface area (Å²) in [6.45, 7) is 2.08. The van der Waals surface area contributed by atoms with Crippen molar-refractivity contribution in [2.45, 2.75) is 19.8 Å². The number of urea groups is 1. The Morgan fingerprint density at radius 2 is 1.78 bits per heavy atom. The van der Waals surface area contributed by atoms with Crippen LogP contribution in [-0.2, 0) is 14.4 Å². The average molecular weight is 259 g/mol. The summed E-state index contributed by atoms with van der Waals surface area (Å²) in [7, 11) is 1.58. The van der Waals surface area contributed by atoms with Gasteiger partial charge in [-0.05, 0) is 6.92 Å². The molecule has 0 aliphatic rings. The molecule has 0 fully saturated rings. The normalized spacial score (nSPS) is 9.44. The minimum Gasteiger partial charge on any atom is -0.481 e. The van der Waals surface area contributed by atoms with Gasteiger partial charge in [-0.2, -0.15) is 0 Å². The molecule has 18 heavy (non-hydrogen) atoms. The molecule has 0 atom stereocenters. The number of aliphatic carboxylic acids is 1. The van der Waals surface area contributed by atoms with E-state index in [2.05, 4.69) is 5.32 Å². The molecule has 8 nitrogen and oxygen atoms in total.